The molecule has 2 heterocycles. The maximum absolute atomic E-state index is 12.5. The van der Waals surface area contributed by atoms with Crippen LogP contribution in [0.25, 0.3) is 11.3 Å². The van der Waals surface area contributed by atoms with Gasteiger partial charge in [0, 0.05) is 5.56 Å². The van der Waals surface area contributed by atoms with E-state index in [9.17, 15) is 14.9 Å². The summed E-state index contributed by atoms with van der Waals surface area (Å²) in [6, 6.07) is 19.0. The van der Waals surface area contributed by atoms with Crippen LogP contribution in [0.15, 0.2) is 71.1 Å². The molecule has 0 aliphatic heterocycles. The fourth-order valence-electron chi connectivity index (χ4n) is 2.84. The largest absolute Gasteiger partial charge is 0.494 e. The minimum Gasteiger partial charge on any atom is -0.494 e. The van der Waals surface area contributed by atoms with Gasteiger partial charge in [-0.3, -0.25) is 20.2 Å². The second-order valence-corrected chi connectivity index (χ2v) is 7.75. The minimum absolute atomic E-state index is 0.193. The number of nitrogens with one attached hydrogen (secondary N) is 1. The molecule has 33 heavy (non-hydrogen) atoms. The number of aromatic nitrogens is 1. The number of carbonyl (C=O) groups is 1. The standard InChI is InChI=1S/C23H19N3O6S/c1-2-14-30-16-10-8-15(9-11-16)20-22(31-17-6-4-3-5-7-17)33-23(24-20)25-21(27)18-12-13-19(32-18)26(28)29/h3-13H,2,14H2,1H3,(H,24,25,27). The second kappa shape index (κ2) is 9.96. The number of rotatable bonds is 9. The third-order valence-electron chi connectivity index (χ3n) is 4.37. The smallest absolute Gasteiger partial charge is 0.433 e. The first-order valence-electron chi connectivity index (χ1n) is 10.1. The Kier molecular flexibility index (Phi) is 6.65. The Balaban J connectivity index is 1.61. The summed E-state index contributed by atoms with van der Waals surface area (Å²) in [4.78, 5) is 27.1. The van der Waals surface area contributed by atoms with E-state index in [1.165, 1.54) is 6.07 Å². The third-order valence-corrected chi connectivity index (χ3v) is 5.22. The van der Waals surface area contributed by atoms with Gasteiger partial charge < -0.3 is 13.9 Å². The summed E-state index contributed by atoms with van der Waals surface area (Å²) in [5.41, 5.74) is 1.31. The number of amides is 1. The molecule has 1 N–H and O–H groups in total. The monoisotopic (exact) mass is 465 g/mol. The van der Waals surface area contributed by atoms with Crippen LogP contribution >= 0.6 is 11.3 Å². The quantitative estimate of drug-likeness (QED) is 0.233. The molecule has 0 radical (unpaired) electrons. The van der Waals surface area contributed by atoms with Crippen molar-refractivity contribution in [1.82, 2.24) is 4.98 Å². The number of anilines is 1. The van der Waals surface area contributed by atoms with Crippen LogP contribution < -0.4 is 14.8 Å². The van der Waals surface area contributed by atoms with Crippen LogP contribution in [-0.4, -0.2) is 22.4 Å². The summed E-state index contributed by atoms with van der Waals surface area (Å²) in [5, 5.41) is 14.1. The van der Waals surface area contributed by atoms with E-state index in [0.29, 0.717) is 23.1 Å². The van der Waals surface area contributed by atoms with E-state index >= 15 is 0 Å². The lowest BCUT2D eigenvalue weighted by Gasteiger charge is -2.07. The maximum Gasteiger partial charge on any atom is 0.433 e. The van der Waals surface area contributed by atoms with Crippen LogP contribution in [0.3, 0.4) is 0 Å². The van der Waals surface area contributed by atoms with Crippen molar-refractivity contribution in [1.29, 1.82) is 0 Å². The summed E-state index contributed by atoms with van der Waals surface area (Å²) in [6.07, 6.45) is 0.908. The van der Waals surface area contributed by atoms with Gasteiger partial charge in [0.05, 0.1) is 12.7 Å². The van der Waals surface area contributed by atoms with Crippen LogP contribution in [0.1, 0.15) is 23.9 Å². The molecule has 0 spiro atoms. The van der Waals surface area contributed by atoms with Crippen molar-refractivity contribution in [2.45, 2.75) is 13.3 Å². The fourth-order valence-corrected chi connectivity index (χ4v) is 3.70. The summed E-state index contributed by atoms with van der Waals surface area (Å²) >= 11 is 1.13. The number of hydrogen-bond donors (Lipinski definition) is 1. The molecule has 1 amide bonds. The number of thiazole rings is 1. The summed E-state index contributed by atoms with van der Waals surface area (Å²) < 4.78 is 16.6. The van der Waals surface area contributed by atoms with Crippen LogP contribution in [0.5, 0.6) is 16.6 Å². The van der Waals surface area contributed by atoms with Gasteiger partial charge in [0.15, 0.2) is 10.9 Å². The van der Waals surface area contributed by atoms with E-state index in [4.69, 9.17) is 13.9 Å². The number of para-hydroxylation sites is 1. The molecule has 0 aliphatic rings. The molecular formula is C23H19N3O6S. The Morgan fingerprint density at radius 3 is 2.52 bits per heavy atom. The van der Waals surface area contributed by atoms with Gasteiger partial charge in [-0.1, -0.05) is 36.5 Å². The molecule has 2 aromatic heterocycles. The molecule has 2 aromatic carbocycles. The van der Waals surface area contributed by atoms with Gasteiger partial charge in [-0.15, -0.1) is 0 Å². The van der Waals surface area contributed by atoms with Crippen molar-refractivity contribution in [2.24, 2.45) is 0 Å². The molecule has 0 unspecified atom stereocenters. The molecule has 0 atom stereocenters. The topological polar surface area (TPSA) is 117 Å². The lowest BCUT2D eigenvalue weighted by Crippen LogP contribution is -2.10. The minimum atomic E-state index is -0.710. The number of nitrogens with zero attached hydrogens (tertiary/aromatic N) is 2. The van der Waals surface area contributed by atoms with Gasteiger partial charge in [-0.25, -0.2) is 4.98 Å². The van der Waals surface area contributed by atoms with Crippen LogP contribution in [0, 0.1) is 10.1 Å². The Morgan fingerprint density at radius 2 is 1.85 bits per heavy atom. The van der Waals surface area contributed by atoms with Gasteiger partial charge in [-0.05, 0) is 48.9 Å². The predicted molar refractivity (Wildman–Crippen MR) is 123 cm³/mol. The molecule has 0 saturated carbocycles. The summed E-state index contributed by atoms with van der Waals surface area (Å²) in [6.45, 7) is 2.66. The van der Waals surface area contributed by atoms with Crippen LogP contribution in [0.2, 0.25) is 0 Å². The Morgan fingerprint density at radius 1 is 1.09 bits per heavy atom. The van der Waals surface area contributed by atoms with Crippen molar-refractivity contribution in [3.05, 3.63) is 82.6 Å². The van der Waals surface area contributed by atoms with Crippen molar-refractivity contribution in [3.8, 4) is 27.8 Å². The van der Waals surface area contributed by atoms with E-state index in [1.807, 2.05) is 61.5 Å². The first-order chi connectivity index (χ1) is 16.0. The first kappa shape index (κ1) is 22.0. The summed E-state index contributed by atoms with van der Waals surface area (Å²) in [7, 11) is 0. The molecule has 0 aliphatic carbocycles. The highest BCUT2D eigenvalue weighted by atomic mass is 32.1. The molecule has 0 saturated heterocycles. The normalized spacial score (nSPS) is 10.6. The number of furan rings is 1. The molecule has 4 rings (SSSR count). The van der Waals surface area contributed by atoms with Gasteiger partial charge >= 0.3 is 5.88 Å². The lowest BCUT2D eigenvalue weighted by atomic mass is 10.1. The highest BCUT2D eigenvalue weighted by Crippen LogP contribution is 2.41. The van der Waals surface area contributed by atoms with Crippen molar-refractivity contribution in [2.75, 3.05) is 11.9 Å². The highest BCUT2D eigenvalue weighted by molar-refractivity contribution is 7.18. The Hall–Kier alpha value is -4.18. The molecule has 9 nitrogen and oxygen atoms in total. The Labute approximate surface area is 192 Å². The maximum atomic E-state index is 12.5. The molecule has 4 aromatic rings. The van der Waals surface area contributed by atoms with E-state index in [2.05, 4.69) is 10.3 Å². The summed E-state index contributed by atoms with van der Waals surface area (Å²) in [5.74, 6) is -0.00281. The predicted octanol–water partition coefficient (Wildman–Crippen LogP) is 6.14. The fraction of sp³-hybridized carbons (Fsp3) is 0.130. The van der Waals surface area contributed by atoms with Gasteiger partial charge in [0.2, 0.25) is 5.06 Å². The third kappa shape index (κ3) is 5.36. The number of benzene rings is 2. The van der Waals surface area contributed by atoms with Crippen LogP contribution in [0.4, 0.5) is 11.0 Å². The number of carbonyl (C=O) groups excluding carboxylic acids is 1. The van der Waals surface area contributed by atoms with Crippen molar-refractivity contribution < 1.29 is 23.6 Å². The lowest BCUT2D eigenvalue weighted by molar-refractivity contribution is -0.402. The molecule has 10 heteroatoms. The first-order valence-corrected chi connectivity index (χ1v) is 10.9. The average molecular weight is 465 g/mol. The Bertz CT molecular complexity index is 1250. The zero-order chi connectivity index (χ0) is 23.2. The second-order valence-electron chi connectivity index (χ2n) is 6.79. The molecule has 168 valence electrons. The number of hydrogen-bond acceptors (Lipinski definition) is 8. The number of nitro groups is 1. The van der Waals surface area contributed by atoms with Gasteiger partial charge in [0.25, 0.3) is 5.91 Å². The van der Waals surface area contributed by atoms with Crippen molar-refractivity contribution >= 4 is 28.3 Å². The van der Waals surface area contributed by atoms with E-state index in [1.54, 1.807) is 0 Å². The van der Waals surface area contributed by atoms with Crippen molar-refractivity contribution in [3.63, 3.8) is 0 Å². The SMILES string of the molecule is CCCOc1ccc(-c2nc(NC(=O)c3ccc([N+](=O)[O-])o3)sc2Oc2ccccc2)cc1. The molecular weight excluding hydrogens is 446 g/mol. The van der Waals surface area contributed by atoms with Gasteiger partial charge in [0.1, 0.15) is 22.1 Å². The average Bonchev–Trinajstić information content (AvgIpc) is 3.47. The van der Waals surface area contributed by atoms with Gasteiger partial charge in [-0.2, -0.15) is 0 Å². The van der Waals surface area contributed by atoms with E-state index < -0.39 is 16.7 Å². The number of ether oxygens (including phenoxy) is 2. The zero-order valence-electron chi connectivity index (χ0n) is 17.5. The molecule has 0 fully saturated rings. The highest BCUT2D eigenvalue weighted by Gasteiger charge is 2.21. The van der Waals surface area contributed by atoms with E-state index in [0.717, 1.165) is 35.1 Å². The van der Waals surface area contributed by atoms with E-state index in [-0.39, 0.29) is 10.9 Å². The zero-order valence-corrected chi connectivity index (χ0v) is 18.3. The molecule has 0 bridgehead atoms. The van der Waals surface area contributed by atoms with Crippen LogP contribution in [-0.2, 0) is 0 Å².